The Morgan fingerprint density at radius 2 is 1.61 bits per heavy atom. The SMILES string of the molecule is C/C=C/C=C/CCC(=O)NCCNC(=O)CCCCCO[C@@H]1O[C@@H](C)[C@H](O)[C@@H](O)[C@H]1O. The minimum absolute atomic E-state index is 0.0390. The molecule has 0 aromatic carbocycles. The quantitative estimate of drug-likeness (QED) is 0.195. The molecule has 5 atom stereocenters. The van der Waals surface area contributed by atoms with Crippen LogP contribution in [0.2, 0.25) is 0 Å². The van der Waals surface area contributed by atoms with E-state index >= 15 is 0 Å². The van der Waals surface area contributed by atoms with E-state index in [4.69, 9.17) is 9.47 Å². The van der Waals surface area contributed by atoms with Gasteiger partial charge in [0.2, 0.25) is 11.8 Å². The Labute approximate surface area is 184 Å². The van der Waals surface area contributed by atoms with Crippen LogP contribution in [-0.2, 0) is 19.1 Å². The first-order valence-corrected chi connectivity index (χ1v) is 11.0. The standard InChI is InChI=1S/C22H38N2O7/c1-3-4-5-6-8-11-17(25)23-13-14-24-18(26)12-9-7-10-15-30-22-21(29)20(28)19(27)16(2)31-22/h3-6,16,19-22,27-29H,7-15H2,1-2H3,(H,23,25)(H,24,26)/b4-3+,6-5+/t16-,19-,20+,21+,22+/m0/s1. The van der Waals surface area contributed by atoms with E-state index in [1.165, 1.54) is 0 Å². The summed E-state index contributed by atoms with van der Waals surface area (Å²) in [4.78, 5) is 23.5. The van der Waals surface area contributed by atoms with Crippen LogP contribution < -0.4 is 10.6 Å². The molecular weight excluding hydrogens is 404 g/mol. The third kappa shape index (κ3) is 11.4. The van der Waals surface area contributed by atoms with Crippen molar-refractivity contribution in [3.8, 4) is 0 Å². The highest BCUT2D eigenvalue weighted by molar-refractivity contribution is 5.77. The summed E-state index contributed by atoms with van der Waals surface area (Å²) in [6, 6.07) is 0. The predicted molar refractivity (Wildman–Crippen MR) is 116 cm³/mol. The normalized spacial score (nSPS) is 26.4. The molecule has 0 spiro atoms. The van der Waals surface area contributed by atoms with Gasteiger partial charge in [-0.25, -0.2) is 0 Å². The van der Waals surface area contributed by atoms with Crippen LogP contribution in [0.25, 0.3) is 0 Å². The molecule has 5 N–H and O–H groups in total. The molecule has 0 aliphatic carbocycles. The summed E-state index contributed by atoms with van der Waals surface area (Å²) in [5.41, 5.74) is 0. The molecule has 1 aliphatic rings. The van der Waals surface area contributed by atoms with Crippen molar-refractivity contribution in [1.29, 1.82) is 0 Å². The van der Waals surface area contributed by atoms with E-state index in [1.807, 2.05) is 31.2 Å². The van der Waals surface area contributed by atoms with Crippen molar-refractivity contribution in [1.82, 2.24) is 10.6 Å². The zero-order chi connectivity index (χ0) is 23.1. The molecule has 0 bridgehead atoms. The van der Waals surface area contributed by atoms with E-state index in [0.29, 0.717) is 51.8 Å². The molecule has 1 fully saturated rings. The number of ether oxygens (including phenoxy) is 2. The number of hydrogen-bond donors (Lipinski definition) is 5. The zero-order valence-corrected chi connectivity index (χ0v) is 18.5. The van der Waals surface area contributed by atoms with Crippen LogP contribution in [0.1, 0.15) is 52.4 Å². The monoisotopic (exact) mass is 442 g/mol. The Kier molecular flexibility index (Phi) is 14.0. The molecular formula is C22H38N2O7. The number of hydrogen-bond acceptors (Lipinski definition) is 7. The lowest BCUT2D eigenvalue weighted by Crippen LogP contribution is -2.57. The highest BCUT2D eigenvalue weighted by Gasteiger charge is 2.42. The molecule has 9 nitrogen and oxygen atoms in total. The van der Waals surface area contributed by atoms with Gasteiger partial charge >= 0.3 is 0 Å². The summed E-state index contributed by atoms with van der Waals surface area (Å²) in [5.74, 6) is -0.107. The number of carbonyl (C=O) groups is 2. The smallest absolute Gasteiger partial charge is 0.220 e. The first-order chi connectivity index (χ1) is 14.9. The number of amides is 2. The number of aliphatic hydroxyl groups is 3. The Balaban J connectivity index is 1.99. The summed E-state index contributed by atoms with van der Waals surface area (Å²) in [6.45, 7) is 4.64. The van der Waals surface area contributed by atoms with Crippen molar-refractivity contribution in [2.24, 2.45) is 0 Å². The van der Waals surface area contributed by atoms with Gasteiger partial charge in [-0.15, -0.1) is 0 Å². The van der Waals surface area contributed by atoms with Gasteiger partial charge in [-0.1, -0.05) is 30.7 Å². The second-order valence-corrected chi connectivity index (χ2v) is 7.56. The number of aliphatic hydroxyl groups excluding tert-OH is 3. The molecule has 1 aliphatic heterocycles. The van der Waals surface area contributed by atoms with Crippen molar-refractivity contribution in [2.45, 2.75) is 83.1 Å². The second kappa shape index (κ2) is 15.9. The maximum Gasteiger partial charge on any atom is 0.220 e. The first-order valence-electron chi connectivity index (χ1n) is 11.0. The second-order valence-electron chi connectivity index (χ2n) is 7.56. The fraction of sp³-hybridized carbons (Fsp3) is 0.727. The lowest BCUT2D eigenvalue weighted by molar-refractivity contribution is -0.293. The van der Waals surface area contributed by atoms with Crippen LogP contribution in [0.5, 0.6) is 0 Å². The Morgan fingerprint density at radius 3 is 2.29 bits per heavy atom. The number of allylic oxidation sites excluding steroid dienone is 4. The van der Waals surface area contributed by atoms with E-state index in [9.17, 15) is 24.9 Å². The molecule has 0 saturated carbocycles. The molecule has 0 aromatic rings. The fourth-order valence-corrected chi connectivity index (χ4v) is 3.00. The van der Waals surface area contributed by atoms with Gasteiger partial charge in [0.1, 0.15) is 18.3 Å². The molecule has 0 unspecified atom stereocenters. The van der Waals surface area contributed by atoms with Crippen molar-refractivity contribution in [2.75, 3.05) is 19.7 Å². The van der Waals surface area contributed by atoms with Crippen molar-refractivity contribution in [3.63, 3.8) is 0 Å². The minimum Gasteiger partial charge on any atom is -0.388 e. The molecule has 1 heterocycles. The molecule has 2 amide bonds. The summed E-state index contributed by atoms with van der Waals surface area (Å²) in [5, 5.41) is 34.8. The Morgan fingerprint density at radius 1 is 0.935 bits per heavy atom. The summed E-state index contributed by atoms with van der Waals surface area (Å²) >= 11 is 0. The van der Waals surface area contributed by atoms with Crippen LogP contribution >= 0.6 is 0 Å². The van der Waals surface area contributed by atoms with Gasteiger partial charge in [0.15, 0.2) is 6.29 Å². The summed E-state index contributed by atoms with van der Waals surface area (Å²) in [6.07, 6.45) is 5.92. The van der Waals surface area contributed by atoms with Gasteiger partial charge in [0, 0.05) is 32.5 Å². The van der Waals surface area contributed by atoms with Crippen LogP contribution in [0.4, 0.5) is 0 Å². The Hall–Kier alpha value is -1.78. The lowest BCUT2D eigenvalue weighted by atomic mass is 10.0. The van der Waals surface area contributed by atoms with E-state index in [2.05, 4.69) is 10.6 Å². The zero-order valence-electron chi connectivity index (χ0n) is 18.5. The van der Waals surface area contributed by atoms with Gasteiger partial charge in [-0.2, -0.15) is 0 Å². The van der Waals surface area contributed by atoms with Gasteiger partial charge in [-0.05, 0) is 33.1 Å². The summed E-state index contributed by atoms with van der Waals surface area (Å²) < 4.78 is 10.8. The van der Waals surface area contributed by atoms with Crippen molar-refractivity contribution in [3.05, 3.63) is 24.3 Å². The number of rotatable bonds is 14. The lowest BCUT2D eigenvalue weighted by Gasteiger charge is -2.38. The average molecular weight is 443 g/mol. The largest absolute Gasteiger partial charge is 0.388 e. The summed E-state index contributed by atoms with van der Waals surface area (Å²) in [7, 11) is 0. The number of carbonyl (C=O) groups excluding carboxylic acids is 2. The molecule has 9 heteroatoms. The van der Waals surface area contributed by atoms with E-state index in [-0.39, 0.29) is 11.8 Å². The average Bonchev–Trinajstić information content (AvgIpc) is 2.75. The van der Waals surface area contributed by atoms with Crippen LogP contribution in [0.15, 0.2) is 24.3 Å². The molecule has 178 valence electrons. The van der Waals surface area contributed by atoms with E-state index in [1.54, 1.807) is 6.92 Å². The third-order valence-corrected chi connectivity index (χ3v) is 4.89. The van der Waals surface area contributed by atoms with Crippen LogP contribution in [-0.4, -0.2) is 77.5 Å². The first kappa shape index (κ1) is 27.3. The minimum atomic E-state index is -1.30. The molecule has 0 radical (unpaired) electrons. The highest BCUT2D eigenvalue weighted by atomic mass is 16.7. The molecule has 31 heavy (non-hydrogen) atoms. The number of nitrogens with one attached hydrogen (secondary N) is 2. The predicted octanol–water partition coefficient (Wildman–Crippen LogP) is 0.536. The Bertz CT molecular complexity index is 582. The van der Waals surface area contributed by atoms with E-state index in [0.717, 1.165) is 6.42 Å². The van der Waals surface area contributed by atoms with Gasteiger partial charge in [0.25, 0.3) is 0 Å². The van der Waals surface area contributed by atoms with Crippen molar-refractivity contribution >= 4 is 11.8 Å². The van der Waals surface area contributed by atoms with Crippen LogP contribution in [0.3, 0.4) is 0 Å². The van der Waals surface area contributed by atoms with Gasteiger partial charge < -0.3 is 35.4 Å². The fourth-order valence-electron chi connectivity index (χ4n) is 3.00. The van der Waals surface area contributed by atoms with E-state index < -0.39 is 30.7 Å². The molecule has 0 aromatic heterocycles. The third-order valence-electron chi connectivity index (χ3n) is 4.89. The van der Waals surface area contributed by atoms with Gasteiger partial charge in [-0.3, -0.25) is 9.59 Å². The highest BCUT2D eigenvalue weighted by Crippen LogP contribution is 2.21. The van der Waals surface area contributed by atoms with Gasteiger partial charge in [0.05, 0.1) is 6.10 Å². The maximum absolute atomic E-state index is 11.8. The molecule has 1 saturated heterocycles. The number of unbranched alkanes of at least 4 members (excludes halogenated alkanes) is 2. The molecule has 1 rings (SSSR count). The van der Waals surface area contributed by atoms with Crippen molar-refractivity contribution < 1.29 is 34.4 Å². The maximum atomic E-state index is 11.8. The van der Waals surface area contributed by atoms with Crippen LogP contribution in [0, 0.1) is 0 Å². The topological polar surface area (TPSA) is 137 Å².